The smallest absolute Gasteiger partial charge is 0.300 e. The molecule has 0 aromatic rings. The first-order valence-corrected chi connectivity index (χ1v) is 6.65. The summed E-state index contributed by atoms with van der Waals surface area (Å²) in [5, 5.41) is 14.8. The summed E-state index contributed by atoms with van der Waals surface area (Å²) in [5.41, 5.74) is 0. The van der Waals surface area contributed by atoms with Crippen molar-refractivity contribution in [3.63, 3.8) is 0 Å². The van der Waals surface area contributed by atoms with Crippen molar-refractivity contribution in [3.8, 4) is 0 Å². The molecule has 0 fully saturated rings. The molecule has 0 amide bonds. The van der Waals surface area contributed by atoms with Crippen molar-refractivity contribution in [1.82, 2.24) is 0 Å². The van der Waals surface area contributed by atoms with Crippen LogP contribution in [0.4, 0.5) is 0 Å². The van der Waals surface area contributed by atoms with E-state index in [1.54, 1.807) is 0 Å². The van der Waals surface area contributed by atoms with Crippen LogP contribution in [0, 0.1) is 0 Å². The van der Waals surface area contributed by atoms with Gasteiger partial charge in [0.05, 0.1) is 0 Å². The zero-order valence-electron chi connectivity index (χ0n) is 8.18. The third kappa shape index (κ3) is 44.8. The van der Waals surface area contributed by atoms with Crippen LogP contribution in [-0.2, 0) is 9.59 Å². The standard InChI is InChI=1S/C5H6Ge.2C2H4O2/c1-2-4-6-5-3-1;2*1-2(3)4/h1-6H;2*1H3,(H,3,4). The van der Waals surface area contributed by atoms with Gasteiger partial charge in [0.25, 0.3) is 11.9 Å². The largest absolute Gasteiger partial charge is 0.481 e. The molecule has 0 aromatic heterocycles. The Morgan fingerprint density at radius 3 is 1.50 bits per heavy atom. The molecule has 0 saturated heterocycles. The second-order valence-electron chi connectivity index (χ2n) is 2.19. The summed E-state index contributed by atoms with van der Waals surface area (Å²) in [7, 11) is 0. The summed E-state index contributed by atoms with van der Waals surface area (Å²) in [6, 6.07) is 0. The van der Waals surface area contributed by atoms with Gasteiger partial charge >= 0.3 is 43.0 Å². The van der Waals surface area contributed by atoms with E-state index in [1.165, 1.54) is 0 Å². The molecule has 1 aliphatic heterocycles. The number of aliphatic carboxylic acids is 2. The van der Waals surface area contributed by atoms with Crippen LogP contribution in [0.3, 0.4) is 0 Å². The molecule has 1 rings (SSSR count). The normalized spacial score (nSPS) is 10.4. The third-order valence-electron chi connectivity index (χ3n) is 0.667. The van der Waals surface area contributed by atoms with Gasteiger partial charge < -0.3 is 10.2 Å². The molecule has 0 unspecified atom stereocenters. The summed E-state index contributed by atoms with van der Waals surface area (Å²) >= 11 is -0.00781. The number of allylic oxidation sites excluding steroid dienone is 3. The SMILES string of the molecule is C1=C[CH]=[GeH][CH]=C1.CC(=O)O.CC(=O)O. The van der Waals surface area contributed by atoms with Crippen LogP contribution in [0.5, 0.6) is 0 Å². The minimum atomic E-state index is -0.833. The van der Waals surface area contributed by atoms with E-state index in [-0.39, 0.29) is 15.0 Å². The van der Waals surface area contributed by atoms with E-state index in [1.807, 2.05) is 0 Å². The van der Waals surface area contributed by atoms with E-state index >= 15 is 0 Å². The minimum Gasteiger partial charge on any atom is -0.481 e. The second-order valence-corrected chi connectivity index (χ2v) is 4.62. The average Bonchev–Trinajstić information content (AvgIpc) is 2.05. The van der Waals surface area contributed by atoms with Crippen LogP contribution in [0.2, 0.25) is 0 Å². The molecule has 0 atom stereocenters. The van der Waals surface area contributed by atoms with Crippen molar-refractivity contribution in [2.45, 2.75) is 13.8 Å². The van der Waals surface area contributed by atoms with Crippen molar-refractivity contribution in [1.29, 1.82) is 0 Å². The Balaban J connectivity index is 0. The van der Waals surface area contributed by atoms with Gasteiger partial charge in [0.2, 0.25) is 0 Å². The van der Waals surface area contributed by atoms with Gasteiger partial charge in [-0.3, -0.25) is 9.59 Å². The third-order valence-corrected chi connectivity index (χ3v) is 2.53. The van der Waals surface area contributed by atoms with Gasteiger partial charge in [-0.1, -0.05) is 0 Å². The molecule has 0 aliphatic carbocycles. The number of hydrogen-bond acceptors (Lipinski definition) is 2. The molecule has 14 heavy (non-hydrogen) atoms. The predicted molar refractivity (Wildman–Crippen MR) is 58.1 cm³/mol. The van der Waals surface area contributed by atoms with Gasteiger partial charge in [-0.15, -0.1) is 0 Å². The maximum Gasteiger partial charge on any atom is 0.300 e. The van der Waals surface area contributed by atoms with Crippen LogP contribution in [0.1, 0.15) is 13.8 Å². The van der Waals surface area contributed by atoms with Crippen LogP contribution >= 0.6 is 0 Å². The monoisotopic (exact) mass is 260 g/mol. The molecule has 0 bridgehead atoms. The van der Waals surface area contributed by atoms with Gasteiger partial charge in [-0.25, -0.2) is 0 Å². The van der Waals surface area contributed by atoms with Crippen LogP contribution < -0.4 is 0 Å². The number of rotatable bonds is 0. The Labute approximate surface area is 89.0 Å². The number of carbonyl (C=O) groups is 2. The van der Waals surface area contributed by atoms with Gasteiger partial charge in [-0.2, -0.15) is 0 Å². The Bertz CT molecular complexity index is 198. The van der Waals surface area contributed by atoms with Crippen molar-refractivity contribution < 1.29 is 19.8 Å². The van der Waals surface area contributed by atoms with Crippen molar-refractivity contribution in [2.24, 2.45) is 0 Å². The first kappa shape index (κ1) is 15.3. The fraction of sp³-hybridized carbons (Fsp3) is 0.222. The molecule has 78 valence electrons. The van der Waals surface area contributed by atoms with Crippen molar-refractivity contribution in [3.05, 3.63) is 23.1 Å². The zero-order chi connectivity index (χ0) is 11.4. The van der Waals surface area contributed by atoms with Crippen LogP contribution in [0.15, 0.2) is 23.1 Å². The molecule has 0 radical (unpaired) electrons. The summed E-state index contributed by atoms with van der Waals surface area (Å²) in [4.78, 5) is 22.6. The Kier molecular flexibility index (Phi) is 12.9. The van der Waals surface area contributed by atoms with Crippen molar-refractivity contribution in [2.75, 3.05) is 0 Å². The van der Waals surface area contributed by atoms with E-state index in [0.717, 1.165) is 13.8 Å². The van der Waals surface area contributed by atoms with Gasteiger partial charge in [0, 0.05) is 13.8 Å². The topological polar surface area (TPSA) is 74.6 Å². The molecule has 1 aliphatic rings. The summed E-state index contributed by atoms with van der Waals surface area (Å²) < 4.78 is 0. The summed E-state index contributed by atoms with van der Waals surface area (Å²) in [5.74, 6) is -1.67. The summed E-state index contributed by atoms with van der Waals surface area (Å²) in [6.07, 6.45) is 6.32. The first-order valence-electron chi connectivity index (χ1n) is 3.86. The average molecular weight is 259 g/mol. The molecule has 0 saturated carbocycles. The molecule has 2 N–H and O–H groups in total. The van der Waals surface area contributed by atoms with Gasteiger partial charge in [-0.05, 0) is 0 Å². The molecular formula is C9H14GeO4. The maximum absolute atomic E-state index is 9.00. The van der Waals surface area contributed by atoms with E-state index in [0.29, 0.717) is 0 Å². The van der Waals surface area contributed by atoms with Crippen LogP contribution in [-0.4, -0.2) is 42.0 Å². The molecule has 0 spiro atoms. The molecule has 4 nitrogen and oxygen atoms in total. The first-order chi connectivity index (χ1) is 6.46. The van der Waals surface area contributed by atoms with E-state index < -0.39 is 11.9 Å². The fourth-order valence-electron chi connectivity index (χ4n) is 0.385. The summed E-state index contributed by atoms with van der Waals surface area (Å²) in [6.45, 7) is 2.17. The van der Waals surface area contributed by atoms with Gasteiger partial charge in [0.1, 0.15) is 0 Å². The molecule has 5 heteroatoms. The van der Waals surface area contributed by atoms with Crippen LogP contribution in [0.25, 0.3) is 0 Å². The predicted octanol–water partition coefficient (Wildman–Crippen LogP) is 0.490. The Morgan fingerprint density at radius 1 is 1.00 bits per heavy atom. The number of carboxylic acids is 2. The maximum atomic E-state index is 9.00. The van der Waals surface area contributed by atoms with Gasteiger partial charge in [0.15, 0.2) is 0 Å². The number of hydrogen-bond donors (Lipinski definition) is 2. The zero-order valence-corrected chi connectivity index (χ0v) is 10.6. The van der Waals surface area contributed by atoms with E-state index in [4.69, 9.17) is 19.8 Å². The number of carboxylic acid groups (broad SMARTS) is 2. The Morgan fingerprint density at radius 2 is 1.43 bits per heavy atom. The van der Waals surface area contributed by atoms with E-state index in [9.17, 15) is 0 Å². The fourth-order valence-corrected chi connectivity index (χ4v) is 1.73. The second kappa shape index (κ2) is 11.8. The Hall–Kier alpha value is -1.17. The molecule has 0 aromatic carbocycles. The molecule has 1 heterocycles. The van der Waals surface area contributed by atoms with Crippen molar-refractivity contribution >= 4 is 31.8 Å². The minimum absolute atomic E-state index is 0.00781. The quantitative estimate of drug-likeness (QED) is 0.621. The van der Waals surface area contributed by atoms with E-state index in [2.05, 4.69) is 28.0 Å². The molecular weight excluding hydrogens is 245 g/mol.